The van der Waals surface area contributed by atoms with E-state index in [0.717, 1.165) is 25.8 Å². The minimum absolute atomic E-state index is 0.130. The van der Waals surface area contributed by atoms with Crippen molar-refractivity contribution >= 4 is 11.7 Å². The second-order valence-electron chi connectivity index (χ2n) is 6.61. The maximum atomic E-state index is 11.1. The Labute approximate surface area is 153 Å². The number of rotatable bonds is 15. The molecule has 3 heteroatoms. The molecule has 0 aliphatic rings. The topological polar surface area (TPSA) is 38.3 Å². The number of allylic oxidation sites excluding steroid dienone is 1. The fourth-order valence-corrected chi connectivity index (χ4v) is 2.86. The molecule has 0 saturated heterocycles. The Hall–Kier alpha value is -1.77. The maximum Gasteiger partial charge on any atom is 0.305 e. The van der Waals surface area contributed by atoms with Gasteiger partial charge in [0, 0.05) is 18.7 Å². The lowest BCUT2D eigenvalue weighted by Gasteiger charge is -2.08. The maximum absolute atomic E-state index is 11.1. The molecule has 0 saturated carbocycles. The van der Waals surface area contributed by atoms with Crippen molar-refractivity contribution in [2.75, 3.05) is 19.0 Å². The molecule has 0 aliphatic carbocycles. The number of anilines is 1. The SMILES string of the molecule is C=CCCCCCCCCCNc1ccc(CCCC(=O)OC)cc1. The molecule has 0 heterocycles. The number of unbranched alkanes of at least 4 members (excludes halogenated alkanes) is 7. The van der Waals surface area contributed by atoms with Gasteiger partial charge in [0.05, 0.1) is 7.11 Å². The summed E-state index contributed by atoms with van der Waals surface area (Å²) in [5, 5.41) is 3.49. The number of hydrogen-bond donors (Lipinski definition) is 1. The average molecular weight is 346 g/mol. The third-order valence-electron chi connectivity index (χ3n) is 4.44. The summed E-state index contributed by atoms with van der Waals surface area (Å²) in [6.45, 7) is 4.80. The second-order valence-corrected chi connectivity index (χ2v) is 6.61. The van der Waals surface area contributed by atoms with Crippen LogP contribution in [0.15, 0.2) is 36.9 Å². The normalized spacial score (nSPS) is 10.4. The Morgan fingerprint density at radius 3 is 2.28 bits per heavy atom. The third-order valence-corrected chi connectivity index (χ3v) is 4.44. The molecule has 25 heavy (non-hydrogen) atoms. The molecular weight excluding hydrogens is 310 g/mol. The van der Waals surface area contributed by atoms with Crippen LogP contribution in [0, 0.1) is 0 Å². The summed E-state index contributed by atoms with van der Waals surface area (Å²) in [7, 11) is 1.44. The fraction of sp³-hybridized carbons (Fsp3) is 0.591. The van der Waals surface area contributed by atoms with Crippen LogP contribution in [0.5, 0.6) is 0 Å². The lowest BCUT2D eigenvalue weighted by molar-refractivity contribution is -0.140. The van der Waals surface area contributed by atoms with Gasteiger partial charge in [-0.3, -0.25) is 4.79 Å². The molecule has 0 atom stereocenters. The average Bonchev–Trinajstić information content (AvgIpc) is 2.64. The Balaban J connectivity index is 2.02. The van der Waals surface area contributed by atoms with E-state index in [1.165, 1.54) is 63.3 Å². The van der Waals surface area contributed by atoms with Gasteiger partial charge >= 0.3 is 5.97 Å². The van der Waals surface area contributed by atoms with Crippen molar-refractivity contribution in [3.63, 3.8) is 0 Å². The van der Waals surface area contributed by atoms with Crippen molar-refractivity contribution in [2.45, 2.75) is 70.6 Å². The molecule has 3 nitrogen and oxygen atoms in total. The first-order valence-corrected chi connectivity index (χ1v) is 9.77. The predicted molar refractivity (Wildman–Crippen MR) is 107 cm³/mol. The summed E-state index contributed by atoms with van der Waals surface area (Å²) in [5.41, 5.74) is 2.45. The van der Waals surface area contributed by atoms with E-state index in [1.807, 2.05) is 6.08 Å². The van der Waals surface area contributed by atoms with Crippen molar-refractivity contribution in [2.24, 2.45) is 0 Å². The zero-order chi connectivity index (χ0) is 18.2. The summed E-state index contributed by atoms with van der Waals surface area (Å²) < 4.78 is 4.66. The van der Waals surface area contributed by atoms with E-state index in [1.54, 1.807) is 0 Å². The Morgan fingerprint density at radius 2 is 1.64 bits per heavy atom. The van der Waals surface area contributed by atoms with Gasteiger partial charge in [-0.05, 0) is 49.8 Å². The number of carbonyl (C=O) groups excluding carboxylic acids is 1. The van der Waals surface area contributed by atoms with Gasteiger partial charge in [-0.25, -0.2) is 0 Å². The van der Waals surface area contributed by atoms with Crippen LogP contribution in [0.1, 0.15) is 69.8 Å². The molecule has 1 N–H and O–H groups in total. The van der Waals surface area contributed by atoms with Crippen LogP contribution >= 0.6 is 0 Å². The Morgan fingerprint density at radius 1 is 1.00 bits per heavy atom. The van der Waals surface area contributed by atoms with Crippen LogP contribution in [0.2, 0.25) is 0 Å². The van der Waals surface area contributed by atoms with Gasteiger partial charge in [0.15, 0.2) is 0 Å². The minimum Gasteiger partial charge on any atom is -0.469 e. The highest BCUT2D eigenvalue weighted by atomic mass is 16.5. The summed E-state index contributed by atoms with van der Waals surface area (Å²) in [6, 6.07) is 8.55. The van der Waals surface area contributed by atoms with Gasteiger partial charge in [0.2, 0.25) is 0 Å². The Bertz CT molecular complexity index is 467. The number of nitrogens with one attached hydrogen (secondary N) is 1. The molecular formula is C22H35NO2. The Kier molecular flexibility index (Phi) is 12.4. The molecule has 1 aromatic carbocycles. The van der Waals surface area contributed by atoms with Crippen LogP contribution in [-0.4, -0.2) is 19.6 Å². The molecule has 0 bridgehead atoms. The van der Waals surface area contributed by atoms with Crippen molar-refractivity contribution < 1.29 is 9.53 Å². The van der Waals surface area contributed by atoms with E-state index in [-0.39, 0.29) is 5.97 Å². The van der Waals surface area contributed by atoms with Gasteiger partial charge in [-0.15, -0.1) is 6.58 Å². The van der Waals surface area contributed by atoms with E-state index >= 15 is 0 Å². The summed E-state index contributed by atoms with van der Waals surface area (Å²) in [6.07, 6.45) is 14.7. The minimum atomic E-state index is -0.130. The summed E-state index contributed by atoms with van der Waals surface area (Å²) >= 11 is 0. The third kappa shape index (κ3) is 11.4. The first-order chi connectivity index (χ1) is 12.3. The number of benzene rings is 1. The van der Waals surface area contributed by atoms with Crippen molar-refractivity contribution in [3.05, 3.63) is 42.5 Å². The lowest BCUT2D eigenvalue weighted by Crippen LogP contribution is -2.02. The number of ether oxygens (including phenoxy) is 1. The van der Waals surface area contributed by atoms with Gasteiger partial charge in [-0.1, -0.05) is 50.3 Å². The summed E-state index contributed by atoms with van der Waals surface area (Å²) in [4.78, 5) is 11.1. The molecule has 0 unspecified atom stereocenters. The number of carbonyl (C=O) groups is 1. The van der Waals surface area contributed by atoms with Crippen LogP contribution in [-0.2, 0) is 16.0 Å². The van der Waals surface area contributed by atoms with E-state index in [2.05, 4.69) is 40.9 Å². The number of hydrogen-bond acceptors (Lipinski definition) is 3. The van der Waals surface area contributed by atoms with E-state index in [9.17, 15) is 4.79 Å². The molecule has 0 fully saturated rings. The zero-order valence-corrected chi connectivity index (χ0v) is 15.9. The van der Waals surface area contributed by atoms with E-state index in [4.69, 9.17) is 0 Å². The molecule has 140 valence electrons. The van der Waals surface area contributed by atoms with Crippen molar-refractivity contribution in [3.8, 4) is 0 Å². The molecule has 0 aromatic heterocycles. The first-order valence-electron chi connectivity index (χ1n) is 9.77. The number of esters is 1. The van der Waals surface area contributed by atoms with Crippen LogP contribution in [0.4, 0.5) is 5.69 Å². The summed E-state index contributed by atoms with van der Waals surface area (Å²) in [5.74, 6) is -0.130. The van der Waals surface area contributed by atoms with E-state index in [0.29, 0.717) is 6.42 Å². The molecule has 1 rings (SSSR count). The highest BCUT2D eigenvalue weighted by molar-refractivity contribution is 5.69. The highest BCUT2D eigenvalue weighted by Crippen LogP contribution is 2.13. The number of aryl methyl sites for hydroxylation is 1. The van der Waals surface area contributed by atoms with Crippen molar-refractivity contribution in [1.82, 2.24) is 0 Å². The van der Waals surface area contributed by atoms with Crippen molar-refractivity contribution in [1.29, 1.82) is 0 Å². The number of methoxy groups -OCH3 is 1. The zero-order valence-electron chi connectivity index (χ0n) is 15.9. The monoisotopic (exact) mass is 345 g/mol. The molecule has 0 spiro atoms. The largest absolute Gasteiger partial charge is 0.469 e. The molecule has 0 radical (unpaired) electrons. The smallest absolute Gasteiger partial charge is 0.305 e. The van der Waals surface area contributed by atoms with Crippen LogP contribution in [0.3, 0.4) is 0 Å². The van der Waals surface area contributed by atoms with Gasteiger partial charge in [0.25, 0.3) is 0 Å². The van der Waals surface area contributed by atoms with Gasteiger partial charge in [-0.2, -0.15) is 0 Å². The molecule has 0 aliphatic heterocycles. The molecule has 0 amide bonds. The predicted octanol–water partition coefficient (Wildman–Crippen LogP) is 5.90. The highest BCUT2D eigenvalue weighted by Gasteiger charge is 2.01. The lowest BCUT2D eigenvalue weighted by atomic mass is 10.1. The quantitative estimate of drug-likeness (QED) is 0.244. The van der Waals surface area contributed by atoms with Gasteiger partial charge in [0.1, 0.15) is 0 Å². The van der Waals surface area contributed by atoms with Gasteiger partial charge < -0.3 is 10.1 Å². The molecule has 1 aromatic rings. The van der Waals surface area contributed by atoms with Crippen LogP contribution in [0.25, 0.3) is 0 Å². The van der Waals surface area contributed by atoms with Crippen LogP contribution < -0.4 is 5.32 Å². The van der Waals surface area contributed by atoms with E-state index < -0.39 is 0 Å². The first kappa shape index (κ1) is 21.3. The fourth-order valence-electron chi connectivity index (χ4n) is 2.86. The second kappa shape index (κ2) is 14.6. The standard InChI is InChI=1S/C22H35NO2/c1-3-4-5-6-7-8-9-10-11-19-23-21-17-15-20(16-18-21)13-12-14-22(24)25-2/h3,15-18,23H,1,4-14,19H2,2H3.